The summed E-state index contributed by atoms with van der Waals surface area (Å²) in [5.74, 6) is -0.130. The van der Waals surface area contributed by atoms with E-state index < -0.39 is 10.0 Å². The number of hydrogen-bond acceptors (Lipinski definition) is 3. The molecule has 0 atom stereocenters. The van der Waals surface area contributed by atoms with Crippen LogP contribution in [0.3, 0.4) is 0 Å². The molecule has 2 aromatic carbocycles. The Bertz CT molecular complexity index is 1160. The van der Waals surface area contributed by atoms with Gasteiger partial charge in [-0.1, -0.05) is 6.07 Å². The first kappa shape index (κ1) is 21.3. The van der Waals surface area contributed by atoms with Gasteiger partial charge in [-0.05, 0) is 86.3 Å². The van der Waals surface area contributed by atoms with Crippen LogP contribution in [0.5, 0.6) is 0 Å². The minimum Gasteiger partial charge on any atom is -0.349 e. The standard InChI is InChI=1S/C24H27N3O3S/c1-18-5-10-23(17-19(18)2)31(29,30)27-15-11-21(12-16-27)25-24(28)20-6-8-22(9-7-20)26-13-3-4-14-26/h3-10,13-14,17,21H,11-12,15-16H2,1-2H3,(H,25,28). The molecule has 1 aromatic heterocycles. The summed E-state index contributed by atoms with van der Waals surface area (Å²) in [6.45, 7) is 4.68. The van der Waals surface area contributed by atoms with Crippen molar-refractivity contribution in [1.29, 1.82) is 0 Å². The molecular weight excluding hydrogens is 410 g/mol. The fourth-order valence-electron chi connectivity index (χ4n) is 3.82. The second-order valence-corrected chi connectivity index (χ2v) is 9.97. The van der Waals surface area contributed by atoms with Crippen molar-refractivity contribution < 1.29 is 13.2 Å². The minimum atomic E-state index is -3.51. The quantitative estimate of drug-likeness (QED) is 0.662. The highest BCUT2D eigenvalue weighted by Gasteiger charge is 2.30. The van der Waals surface area contributed by atoms with Gasteiger partial charge in [0.15, 0.2) is 0 Å². The number of hydrogen-bond donors (Lipinski definition) is 1. The maximum Gasteiger partial charge on any atom is 0.251 e. The predicted octanol–water partition coefficient (Wildman–Crippen LogP) is 3.68. The van der Waals surface area contributed by atoms with E-state index in [1.807, 2.05) is 73.3 Å². The molecule has 2 heterocycles. The second-order valence-electron chi connectivity index (χ2n) is 8.04. The third-order valence-electron chi connectivity index (χ3n) is 5.94. The summed E-state index contributed by atoms with van der Waals surface area (Å²) in [5.41, 5.74) is 3.63. The largest absolute Gasteiger partial charge is 0.349 e. The van der Waals surface area contributed by atoms with Crippen LogP contribution in [-0.4, -0.2) is 42.3 Å². The molecule has 4 rings (SSSR count). The van der Waals surface area contributed by atoms with Gasteiger partial charge in [0.2, 0.25) is 10.0 Å². The number of amides is 1. The lowest BCUT2D eigenvalue weighted by Crippen LogP contribution is -2.46. The summed E-state index contributed by atoms with van der Waals surface area (Å²) in [6.07, 6.45) is 5.10. The average Bonchev–Trinajstić information content (AvgIpc) is 3.31. The molecule has 31 heavy (non-hydrogen) atoms. The first-order valence-electron chi connectivity index (χ1n) is 10.5. The number of nitrogens with one attached hydrogen (secondary N) is 1. The maximum atomic E-state index is 13.0. The van der Waals surface area contributed by atoms with E-state index in [1.165, 1.54) is 4.31 Å². The van der Waals surface area contributed by atoms with Gasteiger partial charge >= 0.3 is 0 Å². The highest BCUT2D eigenvalue weighted by molar-refractivity contribution is 7.89. The van der Waals surface area contributed by atoms with Gasteiger partial charge in [-0.3, -0.25) is 4.79 Å². The summed E-state index contributed by atoms with van der Waals surface area (Å²) in [5, 5.41) is 3.05. The van der Waals surface area contributed by atoms with Crippen molar-refractivity contribution in [2.24, 2.45) is 0 Å². The normalized spacial score (nSPS) is 15.7. The molecule has 0 bridgehead atoms. The third-order valence-corrected chi connectivity index (χ3v) is 7.83. The van der Waals surface area contributed by atoms with E-state index in [4.69, 9.17) is 0 Å². The van der Waals surface area contributed by atoms with E-state index >= 15 is 0 Å². The van der Waals surface area contributed by atoms with Gasteiger partial charge in [-0.2, -0.15) is 4.31 Å². The van der Waals surface area contributed by atoms with Gasteiger partial charge in [0.05, 0.1) is 4.90 Å². The Morgan fingerprint density at radius 3 is 2.19 bits per heavy atom. The van der Waals surface area contributed by atoms with E-state index in [0.29, 0.717) is 36.4 Å². The molecule has 1 fully saturated rings. The molecule has 1 aliphatic heterocycles. The first-order chi connectivity index (χ1) is 14.8. The first-order valence-corrected chi connectivity index (χ1v) is 11.9. The van der Waals surface area contributed by atoms with Crippen molar-refractivity contribution >= 4 is 15.9 Å². The Labute approximate surface area is 183 Å². The molecule has 0 aliphatic carbocycles. The number of aromatic nitrogens is 1. The van der Waals surface area contributed by atoms with E-state index in [-0.39, 0.29) is 11.9 Å². The number of nitrogens with zero attached hydrogens (tertiary/aromatic N) is 2. The van der Waals surface area contributed by atoms with Gasteiger partial charge in [-0.25, -0.2) is 8.42 Å². The van der Waals surface area contributed by atoms with Crippen LogP contribution in [0.1, 0.15) is 34.3 Å². The monoisotopic (exact) mass is 437 g/mol. The highest BCUT2D eigenvalue weighted by Crippen LogP contribution is 2.23. The molecule has 6 nitrogen and oxygen atoms in total. The van der Waals surface area contributed by atoms with Gasteiger partial charge in [-0.15, -0.1) is 0 Å². The van der Waals surface area contributed by atoms with Gasteiger partial charge in [0.25, 0.3) is 5.91 Å². The van der Waals surface area contributed by atoms with E-state index in [1.54, 1.807) is 12.1 Å². The molecule has 0 radical (unpaired) electrons. The van der Waals surface area contributed by atoms with Crippen LogP contribution < -0.4 is 5.32 Å². The van der Waals surface area contributed by atoms with Gasteiger partial charge in [0, 0.05) is 42.8 Å². The molecular formula is C24H27N3O3S. The van der Waals surface area contributed by atoms with Crippen LogP contribution in [0.25, 0.3) is 5.69 Å². The summed E-state index contributed by atoms with van der Waals surface area (Å²) >= 11 is 0. The van der Waals surface area contributed by atoms with Crippen LogP contribution in [-0.2, 0) is 10.0 Å². The molecule has 7 heteroatoms. The van der Waals surface area contributed by atoms with Gasteiger partial charge in [0.1, 0.15) is 0 Å². The van der Waals surface area contributed by atoms with Crippen LogP contribution in [0.15, 0.2) is 71.9 Å². The Morgan fingerprint density at radius 2 is 1.58 bits per heavy atom. The molecule has 0 unspecified atom stereocenters. The van der Waals surface area contributed by atoms with Crippen molar-refractivity contribution in [3.8, 4) is 5.69 Å². The summed E-state index contributed by atoms with van der Waals surface area (Å²) in [6, 6.07) is 16.5. The van der Waals surface area contributed by atoms with Crippen LogP contribution in [0, 0.1) is 13.8 Å². The Kier molecular flexibility index (Phi) is 5.98. The summed E-state index contributed by atoms with van der Waals surface area (Å²) in [7, 11) is -3.51. The highest BCUT2D eigenvalue weighted by atomic mass is 32.2. The fourth-order valence-corrected chi connectivity index (χ4v) is 5.38. The minimum absolute atomic E-state index is 0.0390. The predicted molar refractivity (Wildman–Crippen MR) is 121 cm³/mol. The van der Waals surface area contributed by atoms with E-state index in [9.17, 15) is 13.2 Å². The molecule has 1 aliphatic rings. The molecule has 0 saturated carbocycles. The lowest BCUT2D eigenvalue weighted by molar-refractivity contribution is 0.0924. The number of rotatable bonds is 5. The van der Waals surface area contributed by atoms with Crippen LogP contribution in [0.4, 0.5) is 0 Å². The lowest BCUT2D eigenvalue weighted by atomic mass is 10.1. The molecule has 3 aromatic rings. The van der Waals surface area contributed by atoms with Gasteiger partial charge < -0.3 is 9.88 Å². The smallest absolute Gasteiger partial charge is 0.251 e. The number of carbonyl (C=O) groups excluding carboxylic acids is 1. The summed E-state index contributed by atoms with van der Waals surface area (Å²) in [4.78, 5) is 13.0. The number of piperidine rings is 1. The second kappa shape index (κ2) is 8.69. The molecule has 0 spiro atoms. The molecule has 162 valence electrons. The lowest BCUT2D eigenvalue weighted by Gasteiger charge is -2.31. The van der Waals surface area contributed by atoms with Crippen molar-refractivity contribution in [3.63, 3.8) is 0 Å². The van der Waals surface area contributed by atoms with Crippen LogP contribution >= 0.6 is 0 Å². The maximum absolute atomic E-state index is 13.0. The average molecular weight is 438 g/mol. The molecule has 1 amide bonds. The SMILES string of the molecule is Cc1ccc(S(=O)(=O)N2CCC(NC(=O)c3ccc(-n4cccc4)cc3)CC2)cc1C. The fraction of sp³-hybridized carbons (Fsp3) is 0.292. The van der Waals surface area contributed by atoms with Crippen molar-refractivity contribution in [3.05, 3.63) is 83.7 Å². The van der Waals surface area contributed by atoms with Crippen molar-refractivity contribution in [1.82, 2.24) is 14.2 Å². The zero-order valence-electron chi connectivity index (χ0n) is 17.8. The Hall–Kier alpha value is -2.90. The summed E-state index contributed by atoms with van der Waals surface area (Å²) < 4.78 is 29.4. The Balaban J connectivity index is 1.35. The zero-order chi connectivity index (χ0) is 22.0. The Morgan fingerprint density at radius 1 is 0.935 bits per heavy atom. The van der Waals surface area contributed by atoms with E-state index in [0.717, 1.165) is 16.8 Å². The number of sulfonamides is 1. The third kappa shape index (κ3) is 4.57. The molecule has 1 saturated heterocycles. The number of carbonyl (C=O) groups is 1. The number of aryl methyl sites for hydroxylation is 2. The number of benzene rings is 2. The van der Waals surface area contributed by atoms with Crippen molar-refractivity contribution in [2.45, 2.75) is 37.6 Å². The zero-order valence-corrected chi connectivity index (χ0v) is 18.6. The van der Waals surface area contributed by atoms with Crippen LogP contribution in [0.2, 0.25) is 0 Å². The molecule has 1 N–H and O–H groups in total. The topological polar surface area (TPSA) is 71.4 Å². The van der Waals surface area contributed by atoms with Crippen molar-refractivity contribution in [2.75, 3.05) is 13.1 Å². The van der Waals surface area contributed by atoms with E-state index in [2.05, 4.69) is 5.32 Å².